The Labute approximate surface area is 253 Å². The van der Waals surface area contributed by atoms with Gasteiger partial charge in [-0.1, -0.05) is 60.1 Å². The Morgan fingerprint density at radius 2 is 1.57 bits per heavy atom. The summed E-state index contributed by atoms with van der Waals surface area (Å²) in [5, 5.41) is 20.2. The highest BCUT2D eigenvalue weighted by molar-refractivity contribution is 5.81. The van der Waals surface area contributed by atoms with Crippen LogP contribution in [0.25, 0.3) is 0 Å². The Kier molecular flexibility index (Phi) is 7.39. The van der Waals surface area contributed by atoms with Crippen LogP contribution in [-0.4, -0.2) is 34.2 Å². The minimum Gasteiger partial charge on any atom is -0.481 e. The first-order chi connectivity index (χ1) is 19.3. The van der Waals surface area contributed by atoms with Crippen LogP contribution < -0.4 is 0 Å². The van der Waals surface area contributed by atoms with Crippen LogP contribution >= 0.6 is 0 Å². The number of ether oxygens (including phenoxy) is 1. The van der Waals surface area contributed by atoms with Gasteiger partial charge < -0.3 is 14.9 Å². The van der Waals surface area contributed by atoms with Crippen molar-refractivity contribution in [2.24, 2.45) is 62.1 Å². The molecule has 10 atom stereocenters. The number of fused-ring (bicyclic) bond motifs is 7. The lowest BCUT2D eigenvalue weighted by Gasteiger charge is -2.71. The van der Waals surface area contributed by atoms with E-state index >= 15 is 0 Å². The standard InChI is InChI=1S/C36H56O6/c1-21-12-17-36(30(40)41)19-18-34(8)23(28(36)22(21)2)10-11-25-33(7)15-14-26(42-27(37)20-31(3,4)29(38)39)32(5,6)24(33)13-16-35(25,34)9/h10,21-22,24-26,28H,11-20H2,1-9H3,(H,38,39)(H,40,41)/t21-,22+,24?,25?,26+,28?,33+,34-,35-,36+/m1/s1. The molecule has 6 heteroatoms. The number of carboxylic acids is 2. The minimum atomic E-state index is -1.15. The number of hydrogen-bond donors (Lipinski definition) is 2. The fraction of sp³-hybridized carbons (Fsp3) is 0.861. The van der Waals surface area contributed by atoms with Crippen LogP contribution in [0, 0.1) is 62.1 Å². The van der Waals surface area contributed by atoms with Crippen molar-refractivity contribution in [3.05, 3.63) is 11.6 Å². The molecule has 0 radical (unpaired) electrons. The molecule has 0 saturated heterocycles. The van der Waals surface area contributed by atoms with Crippen LogP contribution in [-0.2, 0) is 19.1 Å². The molecule has 0 heterocycles. The lowest BCUT2D eigenvalue weighted by Crippen LogP contribution is -2.65. The third-order valence-corrected chi connectivity index (χ3v) is 14.8. The number of carbonyl (C=O) groups is 3. The SMILES string of the molecule is C[C@@H]1CC[C@]2(C(=O)O)CC[C@]3(C)C(=CCC4[C@@]5(C)CC[C@H](OC(=O)CC(C)(C)C(=O)O)C(C)(C)C5CC[C@]43C)C2[C@H]1C. The molecule has 0 bridgehead atoms. The summed E-state index contributed by atoms with van der Waals surface area (Å²) in [6.07, 6.45) is 10.6. The molecule has 0 aromatic carbocycles. The lowest BCUT2D eigenvalue weighted by atomic mass is 9.33. The summed E-state index contributed by atoms with van der Waals surface area (Å²) in [6.45, 7) is 19.8. The number of aliphatic carboxylic acids is 2. The first-order valence-corrected chi connectivity index (χ1v) is 16.6. The van der Waals surface area contributed by atoms with E-state index in [4.69, 9.17) is 4.74 Å². The molecule has 42 heavy (non-hydrogen) atoms. The van der Waals surface area contributed by atoms with Gasteiger partial charge in [-0.25, -0.2) is 0 Å². The summed E-state index contributed by atoms with van der Waals surface area (Å²) in [6, 6.07) is 0. The van der Waals surface area contributed by atoms with Crippen molar-refractivity contribution in [3.8, 4) is 0 Å². The summed E-state index contributed by atoms with van der Waals surface area (Å²) < 4.78 is 6.10. The molecule has 5 rings (SSSR count). The molecular weight excluding hydrogens is 528 g/mol. The topological polar surface area (TPSA) is 101 Å². The van der Waals surface area contributed by atoms with E-state index in [1.807, 2.05) is 0 Å². The molecule has 0 amide bonds. The van der Waals surface area contributed by atoms with Crippen molar-refractivity contribution in [3.63, 3.8) is 0 Å². The fourth-order valence-corrected chi connectivity index (χ4v) is 11.7. The average molecular weight is 585 g/mol. The Morgan fingerprint density at radius 1 is 0.905 bits per heavy atom. The first-order valence-electron chi connectivity index (χ1n) is 16.6. The van der Waals surface area contributed by atoms with Gasteiger partial charge in [-0.05, 0) is 117 Å². The van der Waals surface area contributed by atoms with Gasteiger partial charge in [0.2, 0.25) is 0 Å². The molecule has 5 aliphatic carbocycles. The molecule has 236 valence electrons. The highest BCUT2D eigenvalue weighted by Gasteiger charge is 2.69. The van der Waals surface area contributed by atoms with Gasteiger partial charge in [-0.15, -0.1) is 0 Å². The number of esters is 1. The van der Waals surface area contributed by atoms with Gasteiger partial charge in [-0.2, -0.15) is 0 Å². The summed E-state index contributed by atoms with van der Waals surface area (Å²) >= 11 is 0. The lowest BCUT2D eigenvalue weighted by molar-refractivity contribution is -0.215. The Morgan fingerprint density at radius 3 is 2.19 bits per heavy atom. The van der Waals surface area contributed by atoms with E-state index in [0.29, 0.717) is 23.7 Å². The molecule has 3 unspecified atom stereocenters. The number of hydrogen-bond acceptors (Lipinski definition) is 4. The van der Waals surface area contributed by atoms with Crippen molar-refractivity contribution >= 4 is 17.9 Å². The Balaban J connectivity index is 1.46. The second-order valence-electron chi connectivity index (χ2n) is 17.3. The van der Waals surface area contributed by atoms with E-state index in [2.05, 4.69) is 54.5 Å². The molecule has 0 spiro atoms. The number of carboxylic acid groups (broad SMARTS) is 2. The fourth-order valence-electron chi connectivity index (χ4n) is 11.7. The highest BCUT2D eigenvalue weighted by atomic mass is 16.5. The van der Waals surface area contributed by atoms with Gasteiger partial charge in [0.05, 0.1) is 17.3 Å². The molecule has 5 aliphatic rings. The summed E-state index contributed by atoms with van der Waals surface area (Å²) in [5.74, 6) is -0.111. The molecule has 4 fully saturated rings. The maximum atomic E-state index is 12.9. The summed E-state index contributed by atoms with van der Waals surface area (Å²) in [5.41, 5.74) is -0.393. The zero-order chi connectivity index (χ0) is 31.3. The van der Waals surface area contributed by atoms with Crippen molar-refractivity contribution < 1.29 is 29.3 Å². The maximum absolute atomic E-state index is 12.9. The third kappa shape index (κ3) is 4.19. The zero-order valence-electron chi connectivity index (χ0n) is 27.6. The maximum Gasteiger partial charge on any atom is 0.310 e. The van der Waals surface area contributed by atoms with Gasteiger partial charge in [0.25, 0.3) is 0 Å². The Hall–Kier alpha value is -1.85. The van der Waals surface area contributed by atoms with Crippen molar-refractivity contribution in [1.82, 2.24) is 0 Å². The predicted molar refractivity (Wildman–Crippen MR) is 163 cm³/mol. The van der Waals surface area contributed by atoms with Crippen LogP contribution in [0.2, 0.25) is 0 Å². The van der Waals surface area contributed by atoms with Crippen molar-refractivity contribution in [2.45, 2.75) is 133 Å². The van der Waals surface area contributed by atoms with Crippen LogP contribution in [0.4, 0.5) is 0 Å². The van der Waals surface area contributed by atoms with E-state index in [1.165, 1.54) is 5.57 Å². The van der Waals surface area contributed by atoms with Crippen LogP contribution in [0.3, 0.4) is 0 Å². The van der Waals surface area contributed by atoms with Crippen molar-refractivity contribution in [1.29, 1.82) is 0 Å². The molecule has 2 N–H and O–H groups in total. The quantitative estimate of drug-likeness (QED) is 0.250. The minimum absolute atomic E-state index is 0.0191. The second-order valence-corrected chi connectivity index (χ2v) is 17.3. The number of allylic oxidation sites excluding steroid dienone is 2. The van der Waals surface area contributed by atoms with Crippen molar-refractivity contribution in [2.75, 3.05) is 0 Å². The van der Waals surface area contributed by atoms with Gasteiger partial charge in [-0.3, -0.25) is 14.4 Å². The second kappa shape index (κ2) is 9.83. The zero-order valence-corrected chi connectivity index (χ0v) is 27.6. The number of carbonyl (C=O) groups excluding carboxylic acids is 1. The normalized spacial score (nSPS) is 46.2. The molecule has 0 aromatic rings. The average Bonchev–Trinajstić information content (AvgIpc) is 2.87. The number of rotatable bonds is 5. The van der Waals surface area contributed by atoms with Gasteiger partial charge in [0, 0.05) is 5.41 Å². The van der Waals surface area contributed by atoms with Crippen LogP contribution in [0.5, 0.6) is 0 Å². The summed E-state index contributed by atoms with van der Waals surface area (Å²) in [4.78, 5) is 37.5. The highest BCUT2D eigenvalue weighted by Crippen LogP contribution is 2.75. The van der Waals surface area contributed by atoms with E-state index in [9.17, 15) is 24.6 Å². The first kappa shape index (κ1) is 31.6. The smallest absolute Gasteiger partial charge is 0.310 e. The largest absolute Gasteiger partial charge is 0.481 e. The monoisotopic (exact) mass is 584 g/mol. The van der Waals surface area contributed by atoms with E-state index in [-0.39, 0.29) is 40.1 Å². The van der Waals surface area contributed by atoms with Crippen LogP contribution in [0.15, 0.2) is 11.6 Å². The van der Waals surface area contributed by atoms with E-state index in [1.54, 1.807) is 13.8 Å². The molecule has 0 aromatic heterocycles. The molecule has 0 aliphatic heterocycles. The predicted octanol–water partition coefficient (Wildman–Crippen LogP) is 8.14. The van der Waals surface area contributed by atoms with Gasteiger partial charge in [0.15, 0.2) is 0 Å². The van der Waals surface area contributed by atoms with Gasteiger partial charge >= 0.3 is 17.9 Å². The molecule has 6 nitrogen and oxygen atoms in total. The summed E-state index contributed by atoms with van der Waals surface area (Å²) in [7, 11) is 0. The third-order valence-electron chi connectivity index (χ3n) is 14.8. The Bertz CT molecular complexity index is 1180. The van der Waals surface area contributed by atoms with E-state index in [0.717, 1.165) is 57.8 Å². The van der Waals surface area contributed by atoms with Gasteiger partial charge in [0.1, 0.15) is 6.10 Å². The van der Waals surface area contributed by atoms with Crippen LogP contribution in [0.1, 0.15) is 127 Å². The molecular formula is C36H56O6. The molecule has 4 saturated carbocycles. The van der Waals surface area contributed by atoms with E-state index < -0.39 is 28.7 Å².